The number of nitrogens with zero attached hydrogens (tertiary/aromatic N) is 2. The number of rotatable bonds is 5. The third-order valence-corrected chi connectivity index (χ3v) is 3.59. The van der Waals surface area contributed by atoms with Crippen LogP contribution in [-0.4, -0.2) is 29.1 Å². The average molecular weight is 334 g/mol. The summed E-state index contributed by atoms with van der Waals surface area (Å²) in [5.41, 5.74) is 0.0995. The van der Waals surface area contributed by atoms with Gasteiger partial charge in [0, 0.05) is 23.6 Å². The minimum atomic E-state index is -0.546. The summed E-state index contributed by atoms with van der Waals surface area (Å²) in [5, 5.41) is 9.71. The van der Waals surface area contributed by atoms with Gasteiger partial charge in [0.25, 0.3) is 5.89 Å². The lowest BCUT2D eigenvalue weighted by atomic mass is 9.95. The zero-order valence-corrected chi connectivity index (χ0v) is 14.6. The van der Waals surface area contributed by atoms with Crippen molar-refractivity contribution in [2.45, 2.75) is 40.2 Å². The van der Waals surface area contributed by atoms with Crippen molar-refractivity contribution < 1.29 is 13.7 Å². The van der Waals surface area contributed by atoms with Gasteiger partial charge in [-0.2, -0.15) is 4.98 Å². The fraction of sp³-hybridized carbons (Fsp3) is 0.471. The summed E-state index contributed by atoms with van der Waals surface area (Å²) < 4.78 is 19.3. The molecule has 0 saturated heterocycles. The monoisotopic (exact) mass is 334 g/mol. The Balaban J connectivity index is 2.24. The van der Waals surface area contributed by atoms with E-state index in [4.69, 9.17) is 4.52 Å². The molecule has 2 aromatic rings. The Hall–Kier alpha value is -2.28. The van der Waals surface area contributed by atoms with Gasteiger partial charge in [0.15, 0.2) is 5.82 Å². The van der Waals surface area contributed by atoms with E-state index in [0.29, 0.717) is 17.9 Å². The lowest BCUT2D eigenvalue weighted by Crippen LogP contribution is -2.27. The van der Waals surface area contributed by atoms with E-state index in [1.54, 1.807) is 20.8 Å². The van der Waals surface area contributed by atoms with E-state index >= 15 is 0 Å². The van der Waals surface area contributed by atoms with Crippen LogP contribution in [0.2, 0.25) is 0 Å². The predicted molar refractivity (Wildman–Crippen MR) is 90.0 cm³/mol. The SMILES string of the molecule is CNC(C)Cc1noc(-c2cc(NC(=O)C(C)(C)C)ccc2F)n1. The number of aromatic nitrogens is 2. The molecule has 1 atom stereocenters. The van der Waals surface area contributed by atoms with Crippen LogP contribution >= 0.6 is 0 Å². The third kappa shape index (κ3) is 4.38. The maximum absolute atomic E-state index is 14.1. The molecule has 0 aliphatic rings. The summed E-state index contributed by atoms with van der Waals surface area (Å²) in [6, 6.07) is 4.45. The molecule has 0 bridgehead atoms. The van der Waals surface area contributed by atoms with Crippen LogP contribution in [0.5, 0.6) is 0 Å². The van der Waals surface area contributed by atoms with E-state index in [0.717, 1.165) is 0 Å². The van der Waals surface area contributed by atoms with Crippen LogP contribution in [0.3, 0.4) is 0 Å². The van der Waals surface area contributed by atoms with Gasteiger partial charge in [0.05, 0.1) is 5.56 Å². The van der Waals surface area contributed by atoms with E-state index in [1.165, 1.54) is 18.2 Å². The number of amides is 1. The summed E-state index contributed by atoms with van der Waals surface area (Å²) in [6.45, 7) is 7.40. The molecule has 130 valence electrons. The van der Waals surface area contributed by atoms with Crippen molar-refractivity contribution in [2.24, 2.45) is 5.41 Å². The summed E-state index contributed by atoms with van der Waals surface area (Å²) in [4.78, 5) is 16.3. The average Bonchev–Trinajstić information content (AvgIpc) is 2.96. The first-order valence-corrected chi connectivity index (χ1v) is 7.82. The quantitative estimate of drug-likeness (QED) is 0.878. The van der Waals surface area contributed by atoms with Crippen LogP contribution in [0.15, 0.2) is 22.7 Å². The van der Waals surface area contributed by atoms with Crippen LogP contribution in [0.1, 0.15) is 33.5 Å². The predicted octanol–water partition coefficient (Wildman–Crippen LogP) is 3.01. The molecule has 1 heterocycles. The Kier molecular flexibility index (Phi) is 5.33. The van der Waals surface area contributed by atoms with E-state index in [-0.39, 0.29) is 23.4 Å². The standard InChI is InChI=1S/C17H23FN4O2/c1-10(19-5)8-14-21-15(24-22-14)12-9-11(6-7-13(12)18)20-16(23)17(2,3)4/h6-7,9-10,19H,8H2,1-5H3,(H,20,23). The van der Waals surface area contributed by atoms with Crippen LogP contribution in [0.4, 0.5) is 10.1 Å². The molecule has 7 heteroatoms. The fourth-order valence-electron chi connectivity index (χ4n) is 1.91. The molecule has 2 N–H and O–H groups in total. The topological polar surface area (TPSA) is 80.0 Å². The van der Waals surface area contributed by atoms with Crippen molar-refractivity contribution in [3.8, 4) is 11.5 Å². The van der Waals surface area contributed by atoms with Gasteiger partial charge in [-0.05, 0) is 32.2 Å². The first-order chi connectivity index (χ1) is 11.2. The Morgan fingerprint density at radius 1 is 1.38 bits per heavy atom. The Morgan fingerprint density at radius 3 is 2.71 bits per heavy atom. The Morgan fingerprint density at radius 2 is 2.08 bits per heavy atom. The molecular weight excluding hydrogens is 311 g/mol. The lowest BCUT2D eigenvalue weighted by Gasteiger charge is -2.17. The number of hydrogen-bond donors (Lipinski definition) is 2. The zero-order chi connectivity index (χ0) is 17.9. The summed E-state index contributed by atoms with van der Waals surface area (Å²) in [7, 11) is 1.84. The summed E-state index contributed by atoms with van der Waals surface area (Å²) in [5.74, 6) is -0.0530. The highest BCUT2D eigenvalue weighted by molar-refractivity contribution is 5.94. The van der Waals surface area contributed by atoms with Crippen LogP contribution in [0.25, 0.3) is 11.5 Å². The third-order valence-electron chi connectivity index (χ3n) is 3.59. The van der Waals surface area contributed by atoms with Crippen molar-refractivity contribution in [1.82, 2.24) is 15.5 Å². The number of anilines is 1. The van der Waals surface area contributed by atoms with Crippen molar-refractivity contribution in [3.63, 3.8) is 0 Å². The van der Waals surface area contributed by atoms with E-state index in [9.17, 15) is 9.18 Å². The second-order valence-corrected chi connectivity index (χ2v) is 6.81. The molecular formula is C17H23FN4O2. The minimum absolute atomic E-state index is 0.0951. The molecule has 0 fully saturated rings. The maximum atomic E-state index is 14.1. The smallest absolute Gasteiger partial charge is 0.260 e. The van der Waals surface area contributed by atoms with Crippen LogP contribution in [-0.2, 0) is 11.2 Å². The zero-order valence-electron chi connectivity index (χ0n) is 14.6. The molecule has 0 aliphatic heterocycles. The highest BCUT2D eigenvalue weighted by Gasteiger charge is 2.22. The van der Waals surface area contributed by atoms with Crippen molar-refractivity contribution >= 4 is 11.6 Å². The van der Waals surface area contributed by atoms with Gasteiger partial charge >= 0.3 is 0 Å². The molecule has 0 spiro atoms. The summed E-state index contributed by atoms with van der Waals surface area (Å²) >= 11 is 0. The van der Waals surface area contributed by atoms with Crippen molar-refractivity contribution in [2.75, 3.05) is 12.4 Å². The normalized spacial score (nSPS) is 12.9. The fourth-order valence-corrected chi connectivity index (χ4v) is 1.91. The van der Waals surface area contributed by atoms with Gasteiger partial charge in [0.1, 0.15) is 5.82 Å². The maximum Gasteiger partial charge on any atom is 0.260 e. The highest BCUT2D eigenvalue weighted by Crippen LogP contribution is 2.26. The van der Waals surface area contributed by atoms with Crippen molar-refractivity contribution in [3.05, 3.63) is 29.8 Å². The first-order valence-electron chi connectivity index (χ1n) is 7.82. The molecule has 1 aromatic heterocycles. The van der Waals surface area contributed by atoms with Gasteiger partial charge < -0.3 is 15.2 Å². The number of halogens is 1. The van der Waals surface area contributed by atoms with Crippen LogP contribution < -0.4 is 10.6 Å². The van der Waals surface area contributed by atoms with Gasteiger partial charge in [-0.3, -0.25) is 4.79 Å². The van der Waals surface area contributed by atoms with E-state index < -0.39 is 11.2 Å². The van der Waals surface area contributed by atoms with E-state index in [1.807, 2.05) is 14.0 Å². The number of benzene rings is 1. The molecule has 0 aliphatic carbocycles. The van der Waals surface area contributed by atoms with Gasteiger partial charge in [-0.15, -0.1) is 0 Å². The summed E-state index contributed by atoms with van der Waals surface area (Å²) in [6.07, 6.45) is 0.571. The Labute approximate surface area is 140 Å². The largest absolute Gasteiger partial charge is 0.334 e. The second-order valence-electron chi connectivity index (χ2n) is 6.81. The lowest BCUT2D eigenvalue weighted by molar-refractivity contribution is -0.123. The van der Waals surface area contributed by atoms with Gasteiger partial charge in [0.2, 0.25) is 5.91 Å². The highest BCUT2D eigenvalue weighted by atomic mass is 19.1. The Bertz CT molecular complexity index is 722. The number of nitrogens with one attached hydrogen (secondary N) is 2. The molecule has 2 rings (SSSR count). The number of likely N-dealkylation sites (N-methyl/N-ethyl adjacent to an activating group) is 1. The van der Waals surface area contributed by atoms with E-state index in [2.05, 4.69) is 20.8 Å². The van der Waals surface area contributed by atoms with Crippen LogP contribution in [0, 0.1) is 11.2 Å². The number of carbonyl (C=O) groups is 1. The number of carbonyl (C=O) groups excluding carboxylic acids is 1. The van der Waals surface area contributed by atoms with Crippen molar-refractivity contribution in [1.29, 1.82) is 0 Å². The molecule has 1 amide bonds. The molecule has 1 unspecified atom stereocenters. The second kappa shape index (κ2) is 7.09. The van der Waals surface area contributed by atoms with Gasteiger partial charge in [-0.25, -0.2) is 4.39 Å². The molecule has 0 saturated carbocycles. The molecule has 1 aromatic carbocycles. The molecule has 0 radical (unpaired) electrons. The number of hydrogen-bond acceptors (Lipinski definition) is 5. The first kappa shape index (κ1) is 18.1. The molecule has 24 heavy (non-hydrogen) atoms. The van der Waals surface area contributed by atoms with Gasteiger partial charge in [-0.1, -0.05) is 25.9 Å². The molecule has 6 nitrogen and oxygen atoms in total. The minimum Gasteiger partial charge on any atom is -0.334 e.